The first-order chi connectivity index (χ1) is 8.66. The van der Waals surface area contributed by atoms with E-state index in [1.807, 2.05) is 0 Å². The van der Waals surface area contributed by atoms with Crippen LogP contribution in [-0.2, 0) is 4.79 Å². The second kappa shape index (κ2) is 6.50. The summed E-state index contributed by atoms with van der Waals surface area (Å²) < 4.78 is 13.4. The van der Waals surface area contributed by atoms with Crippen molar-refractivity contribution >= 4 is 5.91 Å². The van der Waals surface area contributed by atoms with Crippen molar-refractivity contribution < 1.29 is 9.18 Å². The summed E-state index contributed by atoms with van der Waals surface area (Å²) in [5.41, 5.74) is 0. The first kappa shape index (κ1) is 13.8. The molecule has 1 saturated carbocycles. The number of halogens is 1. The summed E-state index contributed by atoms with van der Waals surface area (Å²) in [5.74, 6) is -0.0153. The average molecular weight is 256 g/mol. The Bertz CT molecular complexity index is 277. The lowest BCUT2D eigenvalue weighted by Gasteiger charge is -2.30. The number of nitrogens with one attached hydrogen (secondary N) is 1. The molecule has 0 aromatic rings. The van der Waals surface area contributed by atoms with Gasteiger partial charge in [-0.15, -0.1) is 0 Å². The molecule has 1 heterocycles. The van der Waals surface area contributed by atoms with Gasteiger partial charge >= 0.3 is 0 Å². The van der Waals surface area contributed by atoms with Crippen LogP contribution in [0.25, 0.3) is 0 Å². The monoisotopic (exact) mass is 256 g/mol. The van der Waals surface area contributed by atoms with E-state index in [0.717, 1.165) is 0 Å². The SMILES string of the molecule is CC(=O)N1CC(F)CC1NC1CCCCCCC1. The highest BCUT2D eigenvalue weighted by Crippen LogP contribution is 2.22. The van der Waals surface area contributed by atoms with Gasteiger partial charge in [0.25, 0.3) is 0 Å². The minimum Gasteiger partial charge on any atom is -0.324 e. The minimum absolute atomic E-state index is 0.0153. The van der Waals surface area contributed by atoms with Crippen LogP contribution in [0.4, 0.5) is 4.39 Å². The Balaban J connectivity index is 1.87. The van der Waals surface area contributed by atoms with Gasteiger partial charge in [-0.1, -0.05) is 32.1 Å². The molecule has 1 aliphatic heterocycles. The Kier molecular flexibility index (Phi) is 4.98. The first-order valence-electron chi connectivity index (χ1n) is 7.34. The zero-order valence-corrected chi connectivity index (χ0v) is 11.3. The van der Waals surface area contributed by atoms with E-state index in [0.29, 0.717) is 12.5 Å². The number of amides is 1. The second-order valence-corrected chi connectivity index (χ2v) is 5.73. The third-order valence-electron chi connectivity index (χ3n) is 4.19. The van der Waals surface area contributed by atoms with Crippen LogP contribution in [-0.4, -0.2) is 35.7 Å². The molecule has 2 unspecified atom stereocenters. The Morgan fingerprint density at radius 2 is 1.78 bits per heavy atom. The number of alkyl halides is 1. The molecular weight excluding hydrogens is 231 g/mol. The molecule has 2 atom stereocenters. The van der Waals surface area contributed by atoms with Crippen LogP contribution in [0.2, 0.25) is 0 Å². The molecule has 18 heavy (non-hydrogen) atoms. The lowest BCUT2D eigenvalue weighted by molar-refractivity contribution is -0.130. The van der Waals surface area contributed by atoms with E-state index < -0.39 is 6.17 Å². The third kappa shape index (κ3) is 3.67. The predicted octanol–water partition coefficient (Wildman–Crippen LogP) is 2.61. The summed E-state index contributed by atoms with van der Waals surface area (Å²) in [6.45, 7) is 1.80. The largest absolute Gasteiger partial charge is 0.324 e. The average Bonchev–Trinajstić information content (AvgIpc) is 2.63. The summed E-state index contributed by atoms with van der Waals surface area (Å²) in [7, 11) is 0. The van der Waals surface area contributed by atoms with Gasteiger partial charge in [0.1, 0.15) is 6.17 Å². The molecule has 104 valence electrons. The number of nitrogens with zero attached hydrogens (tertiary/aromatic N) is 1. The second-order valence-electron chi connectivity index (χ2n) is 5.73. The van der Waals surface area contributed by atoms with E-state index in [9.17, 15) is 9.18 Å². The Hall–Kier alpha value is -0.640. The Labute approximate surface area is 109 Å². The van der Waals surface area contributed by atoms with Crippen molar-refractivity contribution in [2.45, 2.75) is 76.7 Å². The van der Waals surface area contributed by atoms with Crippen molar-refractivity contribution in [1.82, 2.24) is 10.2 Å². The smallest absolute Gasteiger partial charge is 0.220 e. The molecule has 0 radical (unpaired) electrons. The van der Waals surface area contributed by atoms with E-state index in [1.54, 1.807) is 4.90 Å². The molecule has 1 aliphatic carbocycles. The van der Waals surface area contributed by atoms with Gasteiger partial charge < -0.3 is 4.90 Å². The molecule has 0 bridgehead atoms. The fourth-order valence-electron chi connectivity index (χ4n) is 3.19. The molecule has 0 aromatic carbocycles. The van der Waals surface area contributed by atoms with Crippen LogP contribution in [0.3, 0.4) is 0 Å². The molecule has 1 saturated heterocycles. The van der Waals surface area contributed by atoms with Crippen LogP contribution in [0.15, 0.2) is 0 Å². The normalized spacial score (nSPS) is 31.1. The lowest BCUT2D eigenvalue weighted by Crippen LogP contribution is -2.48. The standard InChI is InChI=1S/C14H25FN2O/c1-11(18)17-10-12(15)9-14(17)16-13-7-5-3-2-4-6-8-13/h12-14,16H,2-10H2,1H3. The first-order valence-corrected chi connectivity index (χ1v) is 7.34. The highest BCUT2D eigenvalue weighted by Gasteiger charge is 2.34. The van der Waals surface area contributed by atoms with Gasteiger partial charge in [0.2, 0.25) is 5.91 Å². The van der Waals surface area contributed by atoms with Gasteiger partial charge in [0, 0.05) is 19.4 Å². The number of carbonyl (C=O) groups is 1. The van der Waals surface area contributed by atoms with E-state index in [-0.39, 0.29) is 18.6 Å². The van der Waals surface area contributed by atoms with E-state index in [4.69, 9.17) is 0 Å². The van der Waals surface area contributed by atoms with Gasteiger partial charge in [0.05, 0.1) is 12.7 Å². The summed E-state index contributed by atoms with van der Waals surface area (Å²) in [6.07, 6.45) is 8.32. The number of rotatable bonds is 2. The molecule has 0 aromatic heterocycles. The maximum atomic E-state index is 13.4. The molecule has 1 N–H and O–H groups in total. The van der Waals surface area contributed by atoms with Crippen molar-refractivity contribution in [3.05, 3.63) is 0 Å². The van der Waals surface area contributed by atoms with Crippen LogP contribution >= 0.6 is 0 Å². The summed E-state index contributed by atoms with van der Waals surface area (Å²) in [5, 5.41) is 3.51. The van der Waals surface area contributed by atoms with Gasteiger partial charge in [0.15, 0.2) is 0 Å². The van der Waals surface area contributed by atoms with Crippen LogP contribution in [0, 0.1) is 0 Å². The highest BCUT2D eigenvalue weighted by molar-refractivity contribution is 5.74. The van der Waals surface area contributed by atoms with Crippen molar-refractivity contribution in [2.24, 2.45) is 0 Å². The summed E-state index contributed by atoms with van der Waals surface area (Å²) in [6, 6.07) is 0.461. The maximum absolute atomic E-state index is 13.4. The van der Waals surface area contributed by atoms with E-state index in [2.05, 4.69) is 5.32 Å². The van der Waals surface area contributed by atoms with Crippen LogP contribution in [0.1, 0.15) is 58.3 Å². The van der Waals surface area contributed by atoms with E-state index >= 15 is 0 Å². The minimum atomic E-state index is -0.861. The fourth-order valence-corrected chi connectivity index (χ4v) is 3.19. The quantitative estimate of drug-likeness (QED) is 0.823. The molecule has 3 nitrogen and oxygen atoms in total. The van der Waals surface area contributed by atoms with Crippen molar-refractivity contribution in [3.63, 3.8) is 0 Å². The molecule has 4 heteroatoms. The highest BCUT2D eigenvalue weighted by atomic mass is 19.1. The Morgan fingerprint density at radius 1 is 1.17 bits per heavy atom. The molecule has 2 rings (SSSR count). The topological polar surface area (TPSA) is 32.3 Å². The van der Waals surface area contributed by atoms with Crippen LogP contribution in [0.5, 0.6) is 0 Å². The summed E-state index contributed by atoms with van der Waals surface area (Å²) >= 11 is 0. The third-order valence-corrected chi connectivity index (χ3v) is 4.19. The Morgan fingerprint density at radius 3 is 2.39 bits per heavy atom. The maximum Gasteiger partial charge on any atom is 0.220 e. The van der Waals surface area contributed by atoms with Crippen LogP contribution < -0.4 is 5.32 Å². The van der Waals surface area contributed by atoms with Crippen molar-refractivity contribution in [2.75, 3.05) is 6.54 Å². The number of hydrogen-bond donors (Lipinski definition) is 1. The molecule has 2 aliphatic rings. The zero-order chi connectivity index (χ0) is 13.0. The van der Waals surface area contributed by atoms with Gasteiger partial charge in [-0.2, -0.15) is 0 Å². The molecule has 2 fully saturated rings. The predicted molar refractivity (Wildman–Crippen MR) is 69.9 cm³/mol. The lowest BCUT2D eigenvalue weighted by atomic mass is 9.96. The number of hydrogen-bond acceptors (Lipinski definition) is 2. The van der Waals surface area contributed by atoms with Crippen molar-refractivity contribution in [1.29, 1.82) is 0 Å². The van der Waals surface area contributed by atoms with Crippen molar-refractivity contribution in [3.8, 4) is 0 Å². The van der Waals surface area contributed by atoms with Gasteiger partial charge in [-0.3, -0.25) is 10.1 Å². The fraction of sp³-hybridized carbons (Fsp3) is 0.929. The molecular formula is C14H25FN2O. The molecule has 1 amide bonds. The van der Waals surface area contributed by atoms with Gasteiger partial charge in [-0.05, 0) is 12.8 Å². The zero-order valence-electron chi connectivity index (χ0n) is 11.3. The van der Waals surface area contributed by atoms with Gasteiger partial charge in [-0.25, -0.2) is 4.39 Å². The number of likely N-dealkylation sites (tertiary alicyclic amines) is 1. The molecule has 0 spiro atoms. The van der Waals surface area contributed by atoms with E-state index in [1.165, 1.54) is 51.9 Å². The summed E-state index contributed by atoms with van der Waals surface area (Å²) in [4.78, 5) is 13.1. The number of carbonyl (C=O) groups excluding carboxylic acids is 1.